The quantitative estimate of drug-likeness (QED) is 0.785. The van der Waals surface area contributed by atoms with Crippen LogP contribution in [0.25, 0.3) is 0 Å². The van der Waals surface area contributed by atoms with Crippen LogP contribution in [0, 0.1) is 6.92 Å². The van der Waals surface area contributed by atoms with E-state index in [9.17, 15) is 8.42 Å². The summed E-state index contributed by atoms with van der Waals surface area (Å²) < 4.78 is 22.2. The van der Waals surface area contributed by atoms with Crippen molar-refractivity contribution >= 4 is 21.6 Å². The Morgan fingerprint density at radius 1 is 1.56 bits per heavy atom. The molecule has 0 saturated carbocycles. The van der Waals surface area contributed by atoms with E-state index in [0.29, 0.717) is 5.82 Å². The molecule has 16 heavy (non-hydrogen) atoms. The lowest BCUT2D eigenvalue weighted by molar-refractivity contribution is 0.598. The second kappa shape index (κ2) is 4.65. The van der Waals surface area contributed by atoms with Crippen molar-refractivity contribution in [2.24, 2.45) is 0 Å². The Morgan fingerprint density at radius 2 is 2.19 bits per heavy atom. The van der Waals surface area contributed by atoms with Crippen molar-refractivity contribution < 1.29 is 8.42 Å². The molecule has 0 aliphatic heterocycles. The van der Waals surface area contributed by atoms with E-state index < -0.39 is 9.84 Å². The molecule has 0 spiro atoms. The Bertz CT molecular complexity index is 472. The Morgan fingerprint density at radius 3 is 2.75 bits per heavy atom. The van der Waals surface area contributed by atoms with Crippen LogP contribution in [0.5, 0.6) is 0 Å². The zero-order valence-electron chi connectivity index (χ0n) is 9.56. The first-order chi connectivity index (χ1) is 7.28. The Balaban J connectivity index is 2.77. The zero-order valence-corrected chi connectivity index (χ0v) is 10.4. The number of nitrogens with one attached hydrogen (secondary N) is 1. The van der Waals surface area contributed by atoms with E-state index in [1.165, 1.54) is 6.26 Å². The predicted molar refractivity (Wildman–Crippen MR) is 64.0 cm³/mol. The molecule has 6 nitrogen and oxygen atoms in total. The van der Waals surface area contributed by atoms with E-state index in [-0.39, 0.29) is 17.7 Å². The highest BCUT2D eigenvalue weighted by molar-refractivity contribution is 7.90. The standard InChI is InChI=1S/C9H16N4O2S/c1-6-4-11-9(10)13-8(6)12-7(2)5-16(3,14)15/h4,7H,5H2,1-3H3,(H3,10,11,12,13). The van der Waals surface area contributed by atoms with Crippen molar-refractivity contribution in [1.29, 1.82) is 0 Å². The SMILES string of the molecule is Cc1cnc(N)nc1NC(C)CS(C)(=O)=O. The van der Waals surface area contributed by atoms with E-state index in [2.05, 4.69) is 15.3 Å². The van der Waals surface area contributed by atoms with Gasteiger partial charge in [-0.3, -0.25) is 0 Å². The van der Waals surface area contributed by atoms with Crippen molar-refractivity contribution in [2.75, 3.05) is 23.1 Å². The Hall–Kier alpha value is -1.37. The minimum absolute atomic E-state index is 0.0519. The minimum atomic E-state index is -3.00. The molecular weight excluding hydrogens is 228 g/mol. The molecule has 0 aromatic carbocycles. The number of sulfone groups is 1. The molecule has 1 atom stereocenters. The van der Waals surface area contributed by atoms with Crippen molar-refractivity contribution in [2.45, 2.75) is 19.9 Å². The Kier molecular flexibility index (Phi) is 3.69. The fourth-order valence-corrected chi connectivity index (χ4v) is 2.32. The van der Waals surface area contributed by atoms with Crippen molar-refractivity contribution in [3.8, 4) is 0 Å². The van der Waals surface area contributed by atoms with Crippen LogP contribution in [-0.4, -0.2) is 36.4 Å². The number of nitrogens with zero attached hydrogens (tertiary/aromatic N) is 2. The highest BCUT2D eigenvalue weighted by Gasteiger charge is 2.12. The summed E-state index contributed by atoms with van der Waals surface area (Å²) in [5, 5.41) is 3.00. The molecule has 0 fully saturated rings. The summed E-state index contributed by atoms with van der Waals surface area (Å²) in [7, 11) is -3.00. The van der Waals surface area contributed by atoms with Gasteiger partial charge < -0.3 is 11.1 Å². The van der Waals surface area contributed by atoms with Crippen LogP contribution in [0.1, 0.15) is 12.5 Å². The minimum Gasteiger partial charge on any atom is -0.368 e. The summed E-state index contributed by atoms with van der Waals surface area (Å²) in [4.78, 5) is 7.83. The molecule has 0 amide bonds. The van der Waals surface area contributed by atoms with Gasteiger partial charge in [-0.15, -0.1) is 0 Å². The smallest absolute Gasteiger partial charge is 0.221 e. The predicted octanol–water partition coefficient (Wildman–Crippen LogP) is 0.212. The number of nitrogens with two attached hydrogens (primary N) is 1. The van der Waals surface area contributed by atoms with Gasteiger partial charge in [-0.25, -0.2) is 13.4 Å². The average Bonchev–Trinajstić information content (AvgIpc) is 2.08. The van der Waals surface area contributed by atoms with Gasteiger partial charge in [-0.05, 0) is 13.8 Å². The number of anilines is 2. The maximum absolute atomic E-state index is 11.1. The van der Waals surface area contributed by atoms with Crippen LogP contribution < -0.4 is 11.1 Å². The largest absolute Gasteiger partial charge is 0.368 e. The maximum Gasteiger partial charge on any atom is 0.221 e. The Labute approximate surface area is 95.2 Å². The van der Waals surface area contributed by atoms with Gasteiger partial charge in [0.2, 0.25) is 5.95 Å². The van der Waals surface area contributed by atoms with Crippen LogP contribution in [-0.2, 0) is 9.84 Å². The van der Waals surface area contributed by atoms with E-state index in [0.717, 1.165) is 5.56 Å². The van der Waals surface area contributed by atoms with Gasteiger partial charge in [0, 0.05) is 24.1 Å². The molecular formula is C9H16N4O2S. The normalized spacial score (nSPS) is 13.4. The number of aromatic nitrogens is 2. The summed E-state index contributed by atoms with van der Waals surface area (Å²) in [6.07, 6.45) is 2.80. The van der Waals surface area contributed by atoms with Gasteiger partial charge >= 0.3 is 0 Å². The second-order valence-electron chi connectivity index (χ2n) is 3.90. The molecule has 0 saturated heterocycles. The molecule has 3 N–H and O–H groups in total. The van der Waals surface area contributed by atoms with E-state index in [1.807, 2.05) is 6.92 Å². The second-order valence-corrected chi connectivity index (χ2v) is 6.08. The fourth-order valence-electron chi connectivity index (χ4n) is 1.33. The number of aryl methyl sites for hydroxylation is 1. The van der Waals surface area contributed by atoms with E-state index in [1.54, 1.807) is 13.1 Å². The number of hydrogen-bond acceptors (Lipinski definition) is 6. The fraction of sp³-hybridized carbons (Fsp3) is 0.556. The summed E-state index contributed by atoms with van der Waals surface area (Å²) in [5.41, 5.74) is 6.28. The monoisotopic (exact) mass is 244 g/mol. The van der Waals surface area contributed by atoms with Gasteiger partial charge in [0.25, 0.3) is 0 Å². The number of rotatable bonds is 4. The van der Waals surface area contributed by atoms with Crippen LogP contribution in [0.2, 0.25) is 0 Å². The number of hydrogen-bond donors (Lipinski definition) is 2. The molecule has 0 bridgehead atoms. The van der Waals surface area contributed by atoms with Gasteiger partial charge in [0.05, 0.1) is 5.75 Å². The first-order valence-corrected chi connectivity index (χ1v) is 6.87. The highest BCUT2D eigenvalue weighted by atomic mass is 32.2. The van der Waals surface area contributed by atoms with E-state index in [4.69, 9.17) is 5.73 Å². The molecule has 0 radical (unpaired) electrons. The van der Waals surface area contributed by atoms with Gasteiger partial charge in [0.1, 0.15) is 15.7 Å². The van der Waals surface area contributed by atoms with Crippen LogP contribution in [0.4, 0.5) is 11.8 Å². The van der Waals surface area contributed by atoms with E-state index >= 15 is 0 Å². The maximum atomic E-state index is 11.1. The molecule has 0 aliphatic rings. The third-order valence-electron chi connectivity index (χ3n) is 1.93. The molecule has 1 unspecified atom stereocenters. The molecule has 90 valence electrons. The number of nitrogen functional groups attached to an aromatic ring is 1. The lowest BCUT2D eigenvalue weighted by atomic mass is 10.3. The van der Waals surface area contributed by atoms with Crippen LogP contribution in [0.15, 0.2) is 6.20 Å². The summed E-state index contributed by atoms with van der Waals surface area (Å²) in [6.45, 7) is 3.60. The summed E-state index contributed by atoms with van der Waals surface area (Å²) in [5.74, 6) is 0.791. The molecule has 0 aliphatic carbocycles. The topological polar surface area (TPSA) is 98.0 Å². The third kappa shape index (κ3) is 4.01. The third-order valence-corrected chi connectivity index (χ3v) is 3.03. The molecule has 1 aromatic heterocycles. The van der Waals surface area contributed by atoms with Crippen molar-refractivity contribution in [1.82, 2.24) is 9.97 Å². The highest BCUT2D eigenvalue weighted by Crippen LogP contribution is 2.12. The lowest BCUT2D eigenvalue weighted by Gasteiger charge is -2.14. The molecule has 1 heterocycles. The zero-order chi connectivity index (χ0) is 12.3. The molecule has 7 heteroatoms. The average molecular weight is 244 g/mol. The van der Waals surface area contributed by atoms with Gasteiger partial charge in [-0.2, -0.15) is 4.98 Å². The van der Waals surface area contributed by atoms with Crippen LogP contribution in [0.3, 0.4) is 0 Å². The van der Waals surface area contributed by atoms with Crippen molar-refractivity contribution in [3.05, 3.63) is 11.8 Å². The van der Waals surface area contributed by atoms with Gasteiger partial charge in [-0.1, -0.05) is 0 Å². The first-order valence-electron chi connectivity index (χ1n) is 4.81. The first kappa shape index (κ1) is 12.7. The summed E-state index contributed by atoms with van der Waals surface area (Å²) >= 11 is 0. The van der Waals surface area contributed by atoms with Crippen LogP contribution >= 0.6 is 0 Å². The van der Waals surface area contributed by atoms with Crippen molar-refractivity contribution in [3.63, 3.8) is 0 Å². The van der Waals surface area contributed by atoms with Gasteiger partial charge in [0.15, 0.2) is 0 Å². The summed E-state index contributed by atoms with van der Waals surface area (Å²) in [6, 6.07) is -0.219. The lowest BCUT2D eigenvalue weighted by Crippen LogP contribution is -2.26. The molecule has 1 aromatic rings. The molecule has 1 rings (SSSR count).